The van der Waals surface area contributed by atoms with Gasteiger partial charge in [-0.15, -0.1) is 0 Å². The molecular weight excluding hydrogens is 206 g/mol. The SMILES string of the molecule is CNCC=Cc1cc(C)c([N+](=O)[O-])cc1N. The largest absolute Gasteiger partial charge is 0.398 e. The Hall–Kier alpha value is -1.88. The van der Waals surface area contributed by atoms with Gasteiger partial charge in [0.05, 0.1) is 4.92 Å². The van der Waals surface area contributed by atoms with Crippen molar-refractivity contribution in [3.63, 3.8) is 0 Å². The van der Waals surface area contributed by atoms with Gasteiger partial charge in [-0.1, -0.05) is 12.2 Å². The number of rotatable bonds is 4. The van der Waals surface area contributed by atoms with E-state index in [4.69, 9.17) is 5.73 Å². The highest BCUT2D eigenvalue weighted by molar-refractivity contribution is 5.69. The third-order valence-electron chi connectivity index (χ3n) is 2.22. The minimum atomic E-state index is -0.424. The van der Waals surface area contributed by atoms with Crippen molar-refractivity contribution in [1.82, 2.24) is 5.32 Å². The lowest BCUT2D eigenvalue weighted by atomic mass is 10.1. The Morgan fingerprint density at radius 1 is 1.56 bits per heavy atom. The van der Waals surface area contributed by atoms with Crippen LogP contribution in [0.5, 0.6) is 0 Å². The van der Waals surface area contributed by atoms with Gasteiger partial charge in [-0.2, -0.15) is 0 Å². The molecule has 86 valence electrons. The maximum Gasteiger partial charge on any atom is 0.274 e. The first-order chi connectivity index (χ1) is 7.56. The number of nitrogens with one attached hydrogen (secondary N) is 1. The summed E-state index contributed by atoms with van der Waals surface area (Å²) in [7, 11) is 1.84. The molecule has 0 atom stereocenters. The number of nitrogens with zero attached hydrogens (tertiary/aromatic N) is 1. The van der Waals surface area contributed by atoms with Crippen LogP contribution in [0.15, 0.2) is 18.2 Å². The van der Waals surface area contributed by atoms with Crippen LogP contribution < -0.4 is 11.1 Å². The Morgan fingerprint density at radius 3 is 2.81 bits per heavy atom. The summed E-state index contributed by atoms with van der Waals surface area (Å²) in [6, 6.07) is 3.12. The van der Waals surface area contributed by atoms with Crippen LogP contribution in [0.25, 0.3) is 6.08 Å². The molecule has 5 heteroatoms. The van der Waals surface area contributed by atoms with E-state index in [-0.39, 0.29) is 5.69 Å². The van der Waals surface area contributed by atoms with Crippen molar-refractivity contribution < 1.29 is 4.92 Å². The van der Waals surface area contributed by atoms with Crippen molar-refractivity contribution in [2.45, 2.75) is 6.92 Å². The van der Waals surface area contributed by atoms with Crippen LogP contribution in [0, 0.1) is 17.0 Å². The van der Waals surface area contributed by atoms with Gasteiger partial charge in [-0.25, -0.2) is 0 Å². The summed E-state index contributed by atoms with van der Waals surface area (Å²) in [5.74, 6) is 0. The third kappa shape index (κ3) is 2.80. The van der Waals surface area contributed by atoms with Crippen LogP contribution in [0.1, 0.15) is 11.1 Å². The molecule has 0 bridgehead atoms. The number of nitrogens with two attached hydrogens (primary N) is 1. The first-order valence-corrected chi connectivity index (χ1v) is 4.92. The van der Waals surface area contributed by atoms with Gasteiger partial charge in [-0.3, -0.25) is 10.1 Å². The molecule has 1 rings (SSSR count). The molecule has 0 saturated heterocycles. The highest BCUT2D eigenvalue weighted by atomic mass is 16.6. The van der Waals surface area contributed by atoms with E-state index in [0.717, 1.165) is 12.1 Å². The smallest absolute Gasteiger partial charge is 0.274 e. The summed E-state index contributed by atoms with van der Waals surface area (Å²) in [5.41, 5.74) is 7.63. The standard InChI is InChI=1S/C11H15N3O2/c1-8-6-9(4-3-5-13-2)10(12)7-11(8)14(15)16/h3-4,6-7,13H,5,12H2,1-2H3. The zero-order valence-corrected chi connectivity index (χ0v) is 9.36. The lowest BCUT2D eigenvalue weighted by Gasteiger charge is -2.03. The number of hydrogen-bond donors (Lipinski definition) is 2. The van der Waals surface area contributed by atoms with E-state index in [2.05, 4.69) is 5.32 Å². The van der Waals surface area contributed by atoms with Crippen LogP contribution in [-0.2, 0) is 0 Å². The lowest BCUT2D eigenvalue weighted by Crippen LogP contribution is -2.04. The number of nitro groups is 1. The summed E-state index contributed by atoms with van der Waals surface area (Å²) in [4.78, 5) is 10.2. The molecule has 0 aromatic heterocycles. The van der Waals surface area contributed by atoms with E-state index in [1.807, 2.05) is 19.2 Å². The number of likely N-dealkylation sites (N-methyl/N-ethyl adjacent to an activating group) is 1. The average molecular weight is 221 g/mol. The minimum absolute atomic E-state index is 0.0586. The van der Waals surface area contributed by atoms with E-state index in [1.54, 1.807) is 13.0 Å². The molecule has 0 saturated carbocycles. The summed E-state index contributed by atoms with van der Waals surface area (Å²) in [5, 5.41) is 13.6. The Morgan fingerprint density at radius 2 is 2.25 bits per heavy atom. The van der Waals surface area contributed by atoms with Crippen molar-refractivity contribution in [3.8, 4) is 0 Å². The molecular formula is C11H15N3O2. The van der Waals surface area contributed by atoms with Gasteiger partial charge in [0, 0.05) is 23.9 Å². The topological polar surface area (TPSA) is 81.2 Å². The second-order valence-corrected chi connectivity index (χ2v) is 3.48. The summed E-state index contributed by atoms with van der Waals surface area (Å²) < 4.78 is 0. The van der Waals surface area contributed by atoms with Crippen molar-refractivity contribution in [2.24, 2.45) is 0 Å². The van der Waals surface area contributed by atoms with Gasteiger partial charge in [0.25, 0.3) is 5.69 Å². The number of anilines is 1. The minimum Gasteiger partial charge on any atom is -0.398 e. The Labute approximate surface area is 94.1 Å². The van der Waals surface area contributed by atoms with Gasteiger partial charge in [0.15, 0.2) is 0 Å². The van der Waals surface area contributed by atoms with Gasteiger partial charge >= 0.3 is 0 Å². The van der Waals surface area contributed by atoms with Crippen molar-refractivity contribution >= 4 is 17.5 Å². The number of aryl methyl sites for hydroxylation is 1. The quantitative estimate of drug-likeness (QED) is 0.461. The maximum atomic E-state index is 10.7. The van der Waals surface area contributed by atoms with Crippen molar-refractivity contribution in [1.29, 1.82) is 0 Å². The molecule has 3 N–H and O–H groups in total. The van der Waals surface area contributed by atoms with Crippen LogP contribution in [0.3, 0.4) is 0 Å². The number of benzene rings is 1. The fourth-order valence-electron chi connectivity index (χ4n) is 1.38. The third-order valence-corrected chi connectivity index (χ3v) is 2.22. The van der Waals surface area contributed by atoms with Gasteiger partial charge in [-0.05, 0) is 25.6 Å². The van der Waals surface area contributed by atoms with Gasteiger partial charge in [0.2, 0.25) is 0 Å². The lowest BCUT2D eigenvalue weighted by molar-refractivity contribution is -0.385. The Bertz CT molecular complexity index is 427. The second kappa shape index (κ2) is 5.27. The van der Waals surface area contributed by atoms with E-state index >= 15 is 0 Å². The summed E-state index contributed by atoms with van der Waals surface area (Å²) in [6.45, 7) is 2.43. The van der Waals surface area contributed by atoms with Crippen LogP contribution >= 0.6 is 0 Å². The van der Waals surface area contributed by atoms with E-state index < -0.39 is 4.92 Å². The fraction of sp³-hybridized carbons (Fsp3) is 0.273. The molecule has 0 aliphatic heterocycles. The molecule has 5 nitrogen and oxygen atoms in total. The second-order valence-electron chi connectivity index (χ2n) is 3.48. The van der Waals surface area contributed by atoms with E-state index in [1.165, 1.54) is 6.07 Å². The normalized spacial score (nSPS) is 10.9. The van der Waals surface area contributed by atoms with Gasteiger partial charge < -0.3 is 11.1 Å². The maximum absolute atomic E-state index is 10.7. The zero-order chi connectivity index (χ0) is 12.1. The Kier molecular flexibility index (Phi) is 4.02. The van der Waals surface area contributed by atoms with E-state index in [0.29, 0.717) is 11.3 Å². The average Bonchev–Trinajstić information content (AvgIpc) is 2.22. The summed E-state index contributed by atoms with van der Waals surface area (Å²) in [6.07, 6.45) is 3.76. The molecule has 1 aromatic rings. The number of nitro benzene ring substituents is 1. The fourth-order valence-corrected chi connectivity index (χ4v) is 1.38. The molecule has 0 fully saturated rings. The zero-order valence-electron chi connectivity index (χ0n) is 9.36. The molecule has 0 amide bonds. The molecule has 0 heterocycles. The number of hydrogen-bond acceptors (Lipinski definition) is 4. The predicted molar refractivity (Wildman–Crippen MR) is 65.2 cm³/mol. The number of nitrogen functional groups attached to an aromatic ring is 1. The molecule has 0 radical (unpaired) electrons. The monoisotopic (exact) mass is 221 g/mol. The van der Waals surface area contributed by atoms with Crippen LogP contribution in [0.2, 0.25) is 0 Å². The summed E-state index contributed by atoms with van der Waals surface area (Å²) >= 11 is 0. The molecule has 16 heavy (non-hydrogen) atoms. The van der Waals surface area contributed by atoms with Crippen molar-refractivity contribution in [2.75, 3.05) is 19.3 Å². The first kappa shape index (κ1) is 12.2. The molecule has 0 aliphatic rings. The molecule has 1 aromatic carbocycles. The first-order valence-electron chi connectivity index (χ1n) is 4.92. The Balaban J connectivity index is 3.05. The molecule has 0 aliphatic carbocycles. The van der Waals surface area contributed by atoms with Crippen molar-refractivity contribution in [3.05, 3.63) is 39.4 Å². The van der Waals surface area contributed by atoms with Crippen LogP contribution in [-0.4, -0.2) is 18.5 Å². The molecule has 0 unspecified atom stereocenters. The van der Waals surface area contributed by atoms with Crippen LogP contribution in [0.4, 0.5) is 11.4 Å². The van der Waals surface area contributed by atoms with Gasteiger partial charge in [0.1, 0.15) is 0 Å². The highest BCUT2D eigenvalue weighted by Crippen LogP contribution is 2.25. The molecule has 0 spiro atoms. The predicted octanol–water partition coefficient (Wildman–Crippen LogP) is 1.72. The van der Waals surface area contributed by atoms with E-state index in [9.17, 15) is 10.1 Å². The highest BCUT2D eigenvalue weighted by Gasteiger charge is 2.12.